The van der Waals surface area contributed by atoms with Gasteiger partial charge in [0.25, 0.3) is 0 Å². The van der Waals surface area contributed by atoms with Gasteiger partial charge in [0.2, 0.25) is 0 Å². The molecule has 2 amide bonds. The van der Waals surface area contributed by atoms with Crippen LogP contribution in [-0.4, -0.2) is 59.4 Å². The summed E-state index contributed by atoms with van der Waals surface area (Å²) in [7, 11) is 1.59. The van der Waals surface area contributed by atoms with Crippen molar-refractivity contribution in [1.82, 2.24) is 9.80 Å². The van der Waals surface area contributed by atoms with Crippen molar-refractivity contribution in [2.24, 2.45) is 5.41 Å². The Morgan fingerprint density at radius 1 is 1.38 bits per heavy atom. The van der Waals surface area contributed by atoms with Gasteiger partial charge in [0.1, 0.15) is 5.60 Å². The van der Waals surface area contributed by atoms with E-state index in [-0.39, 0.29) is 6.54 Å². The monoisotopic (exact) mass is 297 g/mol. The number of carboxylic acid groups (broad SMARTS) is 1. The van der Waals surface area contributed by atoms with Gasteiger partial charge in [-0.3, -0.25) is 0 Å². The number of likely N-dealkylation sites (tertiary alicyclic amines) is 1. The summed E-state index contributed by atoms with van der Waals surface area (Å²) in [6.07, 6.45) is -0.605. The lowest BCUT2D eigenvalue weighted by Crippen LogP contribution is -2.48. The molecule has 1 fully saturated rings. The zero-order valence-electron chi connectivity index (χ0n) is 13.0. The third kappa shape index (κ3) is 4.81. The highest BCUT2D eigenvalue weighted by Crippen LogP contribution is 2.32. The second-order valence-corrected chi connectivity index (χ2v) is 6.50. The molecule has 118 valence electrons. The van der Waals surface area contributed by atoms with Gasteiger partial charge in [-0.15, -0.1) is 0 Å². The molecule has 0 aromatic rings. The number of carbonyl (C=O) groups excluding carboxylic acids is 1. The van der Waals surface area contributed by atoms with Crippen molar-refractivity contribution >= 4 is 12.2 Å². The van der Waals surface area contributed by atoms with Gasteiger partial charge in [-0.1, -0.05) is 0 Å². The van der Waals surface area contributed by atoms with Crippen molar-refractivity contribution in [3.63, 3.8) is 0 Å². The van der Waals surface area contributed by atoms with Crippen LogP contribution in [0.4, 0.5) is 9.59 Å². The first-order chi connectivity index (χ1) is 9.58. The molecule has 7 heteroatoms. The molecule has 0 aromatic heterocycles. The number of nitrogens with zero attached hydrogens (tertiary/aromatic N) is 3. The van der Waals surface area contributed by atoms with Crippen LogP contribution >= 0.6 is 0 Å². The maximum atomic E-state index is 12.0. The van der Waals surface area contributed by atoms with Crippen LogP contribution in [0.2, 0.25) is 0 Å². The Morgan fingerprint density at radius 2 is 1.90 bits per heavy atom. The number of nitriles is 1. The number of hydrogen-bond acceptors (Lipinski definition) is 4. The Kier molecular flexibility index (Phi) is 5.05. The van der Waals surface area contributed by atoms with Gasteiger partial charge < -0.3 is 19.6 Å². The molecule has 0 saturated carbocycles. The zero-order valence-corrected chi connectivity index (χ0v) is 13.0. The van der Waals surface area contributed by atoms with E-state index < -0.39 is 23.2 Å². The number of piperidine rings is 1. The number of ether oxygens (including phenoxy) is 1. The van der Waals surface area contributed by atoms with Crippen LogP contribution in [0.25, 0.3) is 0 Å². The fraction of sp³-hybridized carbons (Fsp3) is 0.786. The molecule has 0 unspecified atom stereocenters. The molecule has 0 aliphatic carbocycles. The van der Waals surface area contributed by atoms with Gasteiger partial charge >= 0.3 is 12.2 Å². The first kappa shape index (κ1) is 17.1. The number of rotatable bonds is 2. The largest absolute Gasteiger partial charge is 0.465 e. The molecule has 0 spiro atoms. The fourth-order valence-electron chi connectivity index (χ4n) is 2.29. The van der Waals surface area contributed by atoms with Gasteiger partial charge in [-0.05, 0) is 33.6 Å². The van der Waals surface area contributed by atoms with Crippen LogP contribution in [0.15, 0.2) is 0 Å². The average molecular weight is 297 g/mol. The predicted octanol–water partition coefficient (Wildman–Crippen LogP) is 2.14. The van der Waals surface area contributed by atoms with Crippen molar-refractivity contribution in [2.45, 2.75) is 39.2 Å². The minimum Gasteiger partial charge on any atom is -0.465 e. The summed E-state index contributed by atoms with van der Waals surface area (Å²) in [6.45, 7) is 6.21. The molecule has 1 rings (SSSR count). The molecule has 0 aromatic carbocycles. The van der Waals surface area contributed by atoms with Gasteiger partial charge in [-0.2, -0.15) is 5.26 Å². The molecule has 0 atom stereocenters. The van der Waals surface area contributed by atoms with Gasteiger partial charge in [-0.25, -0.2) is 9.59 Å². The Labute approximate surface area is 125 Å². The summed E-state index contributed by atoms with van der Waals surface area (Å²) in [5, 5.41) is 18.4. The highest BCUT2D eigenvalue weighted by atomic mass is 16.6. The Bertz CT molecular complexity index is 442. The Hall–Kier alpha value is -1.97. The fourth-order valence-corrected chi connectivity index (χ4v) is 2.29. The highest BCUT2D eigenvalue weighted by molar-refractivity contribution is 5.68. The van der Waals surface area contributed by atoms with Crippen molar-refractivity contribution in [1.29, 1.82) is 5.26 Å². The number of carbonyl (C=O) groups is 2. The minimum absolute atomic E-state index is 0.242. The van der Waals surface area contributed by atoms with E-state index in [1.54, 1.807) is 27.8 Å². The topological polar surface area (TPSA) is 93.9 Å². The summed E-state index contributed by atoms with van der Waals surface area (Å²) in [4.78, 5) is 25.5. The van der Waals surface area contributed by atoms with E-state index in [0.29, 0.717) is 25.9 Å². The van der Waals surface area contributed by atoms with E-state index in [9.17, 15) is 14.9 Å². The molecule has 1 aliphatic rings. The molecule has 21 heavy (non-hydrogen) atoms. The molecule has 0 radical (unpaired) electrons. The van der Waals surface area contributed by atoms with Crippen LogP contribution in [0.3, 0.4) is 0 Å². The maximum Gasteiger partial charge on any atom is 0.410 e. The highest BCUT2D eigenvalue weighted by Gasteiger charge is 2.38. The molecule has 1 saturated heterocycles. The SMILES string of the molecule is CN(CC1(C#N)CCN(C(=O)O)CC1)C(=O)OC(C)(C)C. The molecule has 1 N–H and O–H groups in total. The lowest BCUT2D eigenvalue weighted by molar-refractivity contribution is 0.0201. The van der Waals surface area contributed by atoms with Gasteiger partial charge in [0.15, 0.2) is 0 Å². The standard InChI is InChI=1S/C14H23N3O4/c1-13(2,3)21-12(20)16(4)10-14(9-15)5-7-17(8-6-14)11(18)19/h5-8,10H2,1-4H3,(H,18,19). The van der Waals surface area contributed by atoms with Crippen molar-refractivity contribution in [3.05, 3.63) is 0 Å². The lowest BCUT2D eigenvalue weighted by atomic mass is 9.79. The molecular formula is C14H23N3O4. The molecule has 0 bridgehead atoms. The van der Waals surface area contributed by atoms with E-state index in [1.165, 1.54) is 9.80 Å². The Balaban J connectivity index is 2.65. The van der Waals surface area contributed by atoms with E-state index in [0.717, 1.165) is 0 Å². The average Bonchev–Trinajstić information content (AvgIpc) is 2.37. The normalized spacial score (nSPS) is 17.8. The summed E-state index contributed by atoms with van der Waals surface area (Å²) < 4.78 is 5.26. The lowest BCUT2D eigenvalue weighted by Gasteiger charge is -2.38. The van der Waals surface area contributed by atoms with Crippen LogP contribution in [0.5, 0.6) is 0 Å². The smallest absolute Gasteiger partial charge is 0.410 e. The number of amides is 2. The maximum absolute atomic E-state index is 12.0. The molecular weight excluding hydrogens is 274 g/mol. The van der Waals surface area contributed by atoms with Crippen LogP contribution in [0.1, 0.15) is 33.6 Å². The van der Waals surface area contributed by atoms with Gasteiger partial charge in [0, 0.05) is 26.7 Å². The van der Waals surface area contributed by atoms with Crippen LogP contribution in [-0.2, 0) is 4.74 Å². The Morgan fingerprint density at radius 3 is 2.29 bits per heavy atom. The minimum atomic E-state index is -0.970. The summed E-state index contributed by atoms with van der Waals surface area (Å²) in [6, 6.07) is 2.26. The van der Waals surface area contributed by atoms with Crippen molar-refractivity contribution < 1.29 is 19.4 Å². The second kappa shape index (κ2) is 6.20. The van der Waals surface area contributed by atoms with E-state index in [1.807, 2.05) is 0 Å². The van der Waals surface area contributed by atoms with Crippen LogP contribution in [0, 0.1) is 16.7 Å². The molecule has 1 aliphatic heterocycles. The van der Waals surface area contributed by atoms with Crippen molar-refractivity contribution in [3.8, 4) is 6.07 Å². The van der Waals surface area contributed by atoms with E-state index in [4.69, 9.17) is 9.84 Å². The van der Waals surface area contributed by atoms with E-state index >= 15 is 0 Å². The summed E-state index contributed by atoms with van der Waals surface area (Å²) >= 11 is 0. The zero-order chi connectivity index (χ0) is 16.3. The number of hydrogen-bond donors (Lipinski definition) is 1. The van der Waals surface area contributed by atoms with Crippen molar-refractivity contribution in [2.75, 3.05) is 26.7 Å². The van der Waals surface area contributed by atoms with E-state index in [2.05, 4.69) is 6.07 Å². The second-order valence-electron chi connectivity index (χ2n) is 6.50. The molecule has 7 nitrogen and oxygen atoms in total. The predicted molar refractivity (Wildman–Crippen MR) is 75.7 cm³/mol. The first-order valence-corrected chi connectivity index (χ1v) is 6.92. The first-order valence-electron chi connectivity index (χ1n) is 6.92. The quantitative estimate of drug-likeness (QED) is 0.842. The van der Waals surface area contributed by atoms with Gasteiger partial charge in [0.05, 0.1) is 11.5 Å². The molecule has 1 heterocycles. The third-order valence-electron chi connectivity index (χ3n) is 3.47. The van der Waals surface area contributed by atoms with Crippen LogP contribution < -0.4 is 0 Å². The summed E-state index contributed by atoms with van der Waals surface area (Å²) in [5.41, 5.74) is -1.30. The summed E-state index contributed by atoms with van der Waals surface area (Å²) in [5.74, 6) is 0. The third-order valence-corrected chi connectivity index (χ3v) is 3.47.